The predicted molar refractivity (Wildman–Crippen MR) is 74.5 cm³/mol. The topological polar surface area (TPSA) is 98.7 Å². The largest absolute Gasteiger partial charge is 0.380 e. The van der Waals surface area contributed by atoms with Crippen LogP contribution in [0, 0.1) is 23.2 Å². The Bertz CT molecular complexity index is 406. The van der Waals surface area contributed by atoms with Crippen molar-refractivity contribution in [2.24, 2.45) is 34.6 Å². The van der Waals surface area contributed by atoms with Gasteiger partial charge in [0, 0.05) is 18.5 Å². The van der Waals surface area contributed by atoms with Gasteiger partial charge in [0.2, 0.25) is 11.8 Å². The number of carbonyl (C=O) groups is 2. The summed E-state index contributed by atoms with van der Waals surface area (Å²) in [6, 6.07) is -0.521. The molecular formula is C14H25N3O3. The minimum Gasteiger partial charge on any atom is -0.380 e. The maximum Gasteiger partial charge on any atom is 0.239 e. The molecule has 2 rings (SSSR count). The van der Waals surface area contributed by atoms with Gasteiger partial charge in [-0.25, -0.2) is 0 Å². The van der Waals surface area contributed by atoms with E-state index < -0.39 is 6.04 Å². The standard InChI is InChI=1S/C14H25N3O3/c1-8(2)11(15)13(19)17-4-9(12(16)18)10(5-17)14(3)6-20-7-14/h8-11H,4-7,15H2,1-3H3,(H2,16,18). The van der Waals surface area contributed by atoms with Crippen LogP contribution in [0.15, 0.2) is 0 Å². The third-order valence-electron chi connectivity index (χ3n) is 4.76. The van der Waals surface area contributed by atoms with Gasteiger partial charge in [-0.15, -0.1) is 0 Å². The van der Waals surface area contributed by atoms with Crippen LogP contribution in [0.5, 0.6) is 0 Å². The fraction of sp³-hybridized carbons (Fsp3) is 0.857. The van der Waals surface area contributed by atoms with Crippen LogP contribution >= 0.6 is 0 Å². The number of ether oxygens (including phenoxy) is 1. The molecule has 2 saturated heterocycles. The molecule has 3 unspecified atom stereocenters. The molecule has 2 heterocycles. The Morgan fingerprint density at radius 3 is 2.30 bits per heavy atom. The molecule has 2 amide bonds. The Balaban J connectivity index is 2.12. The first-order chi connectivity index (χ1) is 9.26. The van der Waals surface area contributed by atoms with Crippen molar-refractivity contribution in [3.05, 3.63) is 0 Å². The highest BCUT2D eigenvalue weighted by molar-refractivity contribution is 5.84. The van der Waals surface area contributed by atoms with Crippen LogP contribution in [0.25, 0.3) is 0 Å². The lowest BCUT2D eigenvalue weighted by Gasteiger charge is -2.44. The van der Waals surface area contributed by atoms with Crippen LogP contribution < -0.4 is 11.5 Å². The van der Waals surface area contributed by atoms with Crippen molar-refractivity contribution in [2.45, 2.75) is 26.8 Å². The van der Waals surface area contributed by atoms with Crippen LogP contribution in [0.3, 0.4) is 0 Å². The molecule has 0 aliphatic carbocycles. The lowest BCUT2D eigenvalue weighted by atomic mass is 9.70. The van der Waals surface area contributed by atoms with Gasteiger partial charge >= 0.3 is 0 Å². The number of amides is 2. The lowest BCUT2D eigenvalue weighted by Crippen LogP contribution is -2.51. The smallest absolute Gasteiger partial charge is 0.239 e. The van der Waals surface area contributed by atoms with E-state index in [4.69, 9.17) is 16.2 Å². The van der Waals surface area contributed by atoms with Gasteiger partial charge < -0.3 is 21.1 Å². The second-order valence-electron chi connectivity index (χ2n) is 6.78. The lowest BCUT2D eigenvalue weighted by molar-refractivity contribution is -0.149. The Hall–Kier alpha value is -1.14. The fourth-order valence-corrected chi connectivity index (χ4v) is 3.11. The molecule has 0 saturated carbocycles. The van der Waals surface area contributed by atoms with Crippen molar-refractivity contribution >= 4 is 11.8 Å². The summed E-state index contributed by atoms with van der Waals surface area (Å²) in [4.78, 5) is 25.7. The third-order valence-corrected chi connectivity index (χ3v) is 4.76. The van der Waals surface area contributed by atoms with Crippen LogP contribution in [0.4, 0.5) is 0 Å². The number of likely N-dealkylation sites (tertiary alicyclic amines) is 1. The van der Waals surface area contributed by atoms with Gasteiger partial charge in [-0.3, -0.25) is 9.59 Å². The highest BCUT2D eigenvalue weighted by atomic mass is 16.5. The van der Waals surface area contributed by atoms with E-state index in [-0.39, 0.29) is 35.0 Å². The van der Waals surface area contributed by atoms with Crippen LogP contribution in [-0.4, -0.2) is 49.1 Å². The number of nitrogens with two attached hydrogens (primary N) is 2. The molecule has 0 aromatic carbocycles. The first-order valence-electron chi connectivity index (χ1n) is 7.17. The maximum atomic E-state index is 12.4. The van der Waals surface area contributed by atoms with E-state index in [9.17, 15) is 9.59 Å². The normalized spacial score (nSPS) is 30.1. The molecule has 0 spiro atoms. The van der Waals surface area contributed by atoms with Crippen LogP contribution in [0.1, 0.15) is 20.8 Å². The van der Waals surface area contributed by atoms with Gasteiger partial charge in [-0.1, -0.05) is 20.8 Å². The zero-order valence-corrected chi connectivity index (χ0v) is 12.5. The van der Waals surface area contributed by atoms with E-state index >= 15 is 0 Å². The summed E-state index contributed by atoms with van der Waals surface area (Å²) < 4.78 is 5.28. The van der Waals surface area contributed by atoms with E-state index in [1.165, 1.54) is 0 Å². The molecule has 114 valence electrons. The average molecular weight is 283 g/mol. The van der Waals surface area contributed by atoms with Gasteiger partial charge in [0.1, 0.15) is 0 Å². The van der Waals surface area contributed by atoms with Crippen molar-refractivity contribution < 1.29 is 14.3 Å². The second-order valence-corrected chi connectivity index (χ2v) is 6.78. The monoisotopic (exact) mass is 283 g/mol. The van der Waals surface area contributed by atoms with Gasteiger partial charge in [0.25, 0.3) is 0 Å². The first-order valence-corrected chi connectivity index (χ1v) is 7.17. The van der Waals surface area contributed by atoms with Crippen molar-refractivity contribution in [3.63, 3.8) is 0 Å². The highest BCUT2D eigenvalue weighted by Gasteiger charge is 2.52. The number of nitrogens with zero attached hydrogens (tertiary/aromatic N) is 1. The summed E-state index contributed by atoms with van der Waals surface area (Å²) in [7, 11) is 0. The Labute approximate surface area is 119 Å². The predicted octanol–water partition coefficient (Wildman–Crippen LogP) is -0.434. The zero-order valence-electron chi connectivity index (χ0n) is 12.5. The van der Waals surface area contributed by atoms with E-state index in [2.05, 4.69) is 6.92 Å². The van der Waals surface area contributed by atoms with Gasteiger partial charge in [-0.05, 0) is 11.8 Å². The van der Waals surface area contributed by atoms with Gasteiger partial charge in [0.05, 0.1) is 25.2 Å². The average Bonchev–Trinajstić information content (AvgIpc) is 2.79. The summed E-state index contributed by atoms with van der Waals surface area (Å²) in [6.07, 6.45) is 0. The number of rotatable bonds is 4. The molecule has 4 N–H and O–H groups in total. The van der Waals surface area contributed by atoms with Gasteiger partial charge in [-0.2, -0.15) is 0 Å². The molecule has 2 aliphatic rings. The second kappa shape index (κ2) is 5.33. The quantitative estimate of drug-likeness (QED) is 0.731. The minimum absolute atomic E-state index is 0.0589. The van der Waals surface area contributed by atoms with Crippen molar-refractivity contribution in [3.8, 4) is 0 Å². The third kappa shape index (κ3) is 2.54. The molecule has 0 radical (unpaired) electrons. The summed E-state index contributed by atoms with van der Waals surface area (Å²) >= 11 is 0. The molecule has 0 aromatic rings. The molecule has 2 fully saturated rings. The summed E-state index contributed by atoms with van der Waals surface area (Å²) in [6.45, 7) is 8.11. The molecule has 6 heteroatoms. The van der Waals surface area contributed by atoms with Crippen molar-refractivity contribution in [1.82, 2.24) is 4.90 Å². The van der Waals surface area contributed by atoms with E-state index in [0.29, 0.717) is 26.3 Å². The number of hydrogen-bond acceptors (Lipinski definition) is 4. The summed E-state index contributed by atoms with van der Waals surface area (Å²) in [5, 5.41) is 0. The van der Waals surface area contributed by atoms with Crippen molar-refractivity contribution in [2.75, 3.05) is 26.3 Å². The fourth-order valence-electron chi connectivity index (χ4n) is 3.11. The van der Waals surface area contributed by atoms with Crippen LogP contribution in [-0.2, 0) is 14.3 Å². The Morgan fingerprint density at radius 1 is 1.30 bits per heavy atom. The summed E-state index contributed by atoms with van der Waals surface area (Å²) in [5.41, 5.74) is 11.4. The molecule has 6 nitrogen and oxygen atoms in total. The number of primary amides is 1. The molecule has 0 aromatic heterocycles. The maximum absolute atomic E-state index is 12.4. The molecular weight excluding hydrogens is 258 g/mol. The van der Waals surface area contributed by atoms with E-state index in [1.807, 2.05) is 13.8 Å². The van der Waals surface area contributed by atoms with E-state index in [0.717, 1.165) is 0 Å². The molecule has 0 bridgehead atoms. The Morgan fingerprint density at radius 2 is 1.90 bits per heavy atom. The first kappa shape index (κ1) is 15.3. The highest BCUT2D eigenvalue weighted by Crippen LogP contribution is 2.43. The zero-order chi connectivity index (χ0) is 15.1. The van der Waals surface area contributed by atoms with Crippen molar-refractivity contribution in [1.29, 1.82) is 0 Å². The van der Waals surface area contributed by atoms with Crippen LogP contribution in [0.2, 0.25) is 0 Å². The Kier molecular flexibility index (Phi) is 4.07. The van der Waals surface area contributed by atoms with Gasteiger partial charge in [0.15, 0.2) is 0 Å². The van der Waals surface area contributed by atoms with E-state index in [1.54, 1.807) is 4.90 Å². The number of carbonyl (C=O) groups excluding carboxylic acids is 2. The summed E-state index contributed by atoms with van der Waals surface area (Å²) in [5.74, 6) is -0.574. The minimum atomic E-state index is -0.521. The molecule has 3 atom stereocenters. The number of hydrogen-bond donors (Lipinski definition) is 2. The SMILES string of the molecule is CC(C)C(N)C(=O)N1CC(C(N)=O)C(C2(C)COC2)C1. The molecule has 20 heavy (non-hydrogen) atoms. The molecule has 2 aliphatic heterocycles.